The highest BCUT2D eigenvalue weighted by Crippen LogP contribution is 2.39. The van der Waals surface area contributed by atoms with Crippen LogP contribution >= 0.6 is 0 Å². The van der Waals surface area contributed by atoms with Crippen molar-refractivity contribution in [2.75, 3.05) is 21.0 Å². The minimum absolute atomic E-state index is 0.0144. The number of methoxy groups -OCH3 is 2. The molecule has 0 aliphatic heterocycles. The molecule has 0 aromatic heterocycles. The van der Waals surface area contributed by atoms with Crippen LogP contribution in [-0.2, 0) is 4.74 Å². The van der Waals surface area contributed by atoms with Crippen LogP contribution < -0.4 is 9.47 Å². The Labute approximate surface area is 92.3 Å². The first-order valence-electron chi connectivity index (χ1n) is 4.34. The number of nitroso groups, excluding NO2 is 1. The minimum Gasteiger partial charge on any atom is -0.491 e. The lowest BCUT2D eigenvalue weighted by Crippen LogP contribution is -2.01. The lowest BCUT2D eigenvalue weighted by atomic mass is 10.1. The zero-order chi connectivity index (χ0) is 12.0. The van der Waals surface area contributed by atoms with E-state index in [0.29, 0.717) is 5.75 Å². The molecule has 0 saturated carbocycles. The Morgan fingerprint density at radius 3 is 2.69 bits per heavy atom. The van der Waals surface area contributed by atoms with E-state index in [2.05, 4.69) is 5.18 Å². The van der Waals surface area contributed by atoms with Gasteiger partial charge < -0.3 is 14.2 Å². The van der Waals surface area contributed by atoms with Crippen molar-refractivity contribution in [2.45, 2.75) is 0 Å². The van der Waals surface area contributed by atoms with E-state index in [4.69, 9.17) is 19.5 Å². The van der Waals surface area contributed by atoms with Crippen molar-refractivity contribution in [3.05, 3.63) is 22.6 Å². The molecule has 0 aliphatic rings. The smallest absolute Gasteiger partial charge is 0.191 e. The minimum atomic E-state index is -0.0707. The van der Waals surface area contributed by atoms with Gasteiger partial charge in [0.25, 0.3) is 0 Å². The Morgan fingerprint density at radius 1 is 1.44 bits per heavy atom. The molecule has 0 heterocycles. The lowest BCUT2D eigenvalue weighted by Gasteiger charge is -2.11. The lowest BCUT2D eigenvalue weighted by molar-refractivity contribution is 0.0492. The summed E-state index contributed by atoms with van der Waals surface area (Å²) in [6, 6.07) is 4.80. The Bertz CT molecular complexity index is 426. The Kier molecular flexibility index (Phi) is 4.24. The standard InChI is InChI=1S/C10H10N2O4/c1-14-6-16-8-4-3-7(5-11)9(12-13)10(8)15-2/h3-4H,6H2,1-2H3. The second-order valence-corrected chi connectivity index (χ2v) is 2.75. The van der Waals surface area contributed by atoms with Crippen LogP contribution in [0.5, 0.6) is 11.5 Å². The molecule has 1 rings (SSSR count). The molecule has 6 heteroatoms. The average Bonchev–Trinajstić information content (AvgIpc) is 2.34. The van der Waals surface area contributed by atoms with Gasteiger partial charge in [0.15, 0.2) is 24.0 Å². The molecule has 0 N–H and O–H groups in total. The summed E-state index contributed by atoms with van der Waals surface area (Å²) in [7, 11) is 2.83. The molecule has 0 spiro atoms. The van der Waals surface area contributed by atoms with Gasteiger partial charge in [-0.05, 0) is 17.3 Å². The van der Waals surface area contributed by atoms with Crippen LogP contribution in [0.3, 0.4) is 0 Å². The van der Waals surface area contributed by atoms with E-state index in [1.165, 1.54) is 26.4 Å². The fourth-order valence-corrected chi connectivity index (χ4v) is 1.17. The van der Waals surface area contributed by atoms with Gasteiger partial charge in [-0.15, -0.1) is 4.91 Å². The normalized spacial score (nSPS) is 9.31. The Balaban J connectivity index is 3.21. The molecule has 1 aromatic carbocycles. The first-order valence-corrected chi connectivity index (χ1v) is 4.34. The second kappa shape index (κ2) is 5.68. The van der Waals surface area contributed by atoms with Gasteiger partial charge >= 0.3 is 0 Å². The van der Waals surface area contributed by atoms with E-state index in [0.717, 1.165) is 0 Å². The number of nitriles is 1. The quantitative estimate of drug-likeness (QED) is 0.561. The fraction of sp³-hybridized carbons (Fsp3) is 0.300. The van der Waals surface area contributed by atoms with E-state index < -0.39 is 0 Å². The number of rotatable bonds is 5. The first kappa shape index (κ1) is 11.9. The van der Waals surface area contributed by atoms with E-state index in [1.54, 1.807) is 0 Å². The highest BCUT2D eigenvalue weighted by Gasteiger charge is 2.16. The van der Waals surface area contributed by atoms with Crippen LogP contribution in [-0.4, -0.2) is 21.0 Å². The fourth-order valence-electron chi connectivity index (χ4n) is 1.17. The zero-order valence-corrected chi connectivity index (χ0v) is 8.89. The second-order valence-electron chi connectivity index (χ2n) is 2.75. The van der Waals surface area contributed by atoms with Gasteiger partial charge in [-0.25, -0.2) is 0 Å². The van der Waals surface area contributed by atoms with Crippen LogP contribution in [0.15, 0.2) is 17.3 Å². The van der Waals surface area contributed by atoms with E-state index in [1.807, 2.05) is 6.07 Å². The van der Waals surface area contributed by atoms with Crippen molar-refractivity contribution in [3.63, 3.8) is 0 Å². The van der Waals surface area contributed by atoms with Crippen molar-refractivity contribution in [1.29, 1.82) is 5.26 Å². The number of ether oxygens (including phenoxy) is 3. The summed E-state index contributed by atoms with van der Waals surface area (Å²) in [5.41, 5.74) is 0.0650. The number of hydrogen-bond donors (Lipinski definition) is 0. The predicted molar refractivity (Wildman–Crippen MR) is 55.7 cm³/mol. The molecule has 0 amide bonds. The van der Waals surface area contributed by atoms with Gasteiger partial charge in [-0.1, -0.05) is 0 Å². The summed E-state index contributed by atoms with van der Waals surface area (Å²) >= 11 is 0. The molecule has 1 aromatic rings. The van der Waals surface area contributed by atoms with Crippen LogP contribution in [0.1, 0.15) is 5.56 Å². The molecular weight excluding hydrogens is 212 g/mol. The third-order valence-electron chi connectivity index (χ3n) is 1.84. The summed E-state index contributed by atoms with van der Waals surface area (Å²) in [5, 5.41) is 11.5. The largest absolute Gasteiger partial charge is 0.491 e. The molecule has 0 saturated heterocycles. The topological polar surface area (TPSA) is 80.9 Å². The molecule has 0 fully saturated rings. The highest BCUT2D eigenvalue weighted by atomic mass is 16.7. The van der Waals surface area contributed by atoms with Crippen molar-refractivity contribution < 1.29 is 14.2 Å². The third kappa shape index (κ3) is 2.27. The van der Waals surface area contributed by atoms with Crippen LogP contribution in [0.25, 0.3) is 0 Å². The average molecular weight is 222 g/mol. The Hall–Kier alpha value is -2.13. The van der Waals surface area contributed by atoms with Gasteiger partial charge in [0.05, 0.1) is 12.7 Å². The molecule has 0 atom stereocenters. The van der Waals surface area contributed by atoms with E-state index in [-0.39, 0.29) is 23.8 Å². The zero-order valence-electron chi connectivity index (χ0n) is 8.89. The molecule has 0 radical (unpaired) electrons. The summed E-state index contributed by atoms with van der Waals surface area (Å²) in [5.74, 6) is 0.434. The molecule has 84 valence electrons. The van der Waals surface area contributed by atoms with Gasteiger partial charge in [0.2, 0.25) is 0 Å². The number of hydrogen-bond acceptors (Lipinski definition) is 6. The predicted octanol–water partition coefficient (Wildman–Crippen LogP) is 1.95. The SMILES string of the molecule is COCOc1ccc(C#N)c(N=O)c1OC. The molecule has 0 unspecified atom stereocenters. The van der Waals surface area contributed by atoms with Gasteiger partial charge in [0.1, 0.15) is 6.07 Å². The van der Waals surface area contributed by atoms with Crippen LogP contribution in [0.2, 0.25) is 0 Å². The van der Waals surface area contributed by atoms with Crippen molar-refractivity contribution in [2.24, 2.45) is 5.18 Å². The highest BCUT2D eigenvalue weighted by molar-refractivity contribution is 5.67. The monoisotopic (exact) mass is 222 g/mol. The van der Waals surface area contributed by atoms with E-state index >= 15 is 0 Å². The third-order valence-corrected chi connectivity index (χ3v) is 1.84. The molecule has 0 bridgehead atoms. The number of nitrogens with zero attached hydrogens (tertiary/aromatic N) is 2. The molecule has 0 aliphatic carbocycles. The van der Waals surface area contributed by atoms with Gasteiger partial charge in [0, 0.05) is 7.11 Å². The maximum Gasteiger partial charge on any atom is 0.191 e. The summed E-state index contributed by atoms with van der Waals surface area (Å²) in [4.78, 5) is 10.6. The van der Waals surface area contributed by atoms with Crippen molar-refractivity contribution in [3.8, 4) is 17.6 Å². The van der Waals surface area contributed by atoms with Gasteiger partial charge in [-0.2, -0.15) is 5.26 Å². The molecular formula is C10H10N2O4. The first-order chi connectivity index (χ1) is 7.78. The van der Waals surface area contributed by atoms with Crippen molar-refractivity contribution >= 4 is 5.69 Å². The van der Waals surface area contributed by atoms with Gasteiger partial charge in [-0.3, -0.25) is 0 Å². The molecule has 16 heavy (non-hydrogen) atoms. The maximum atomic E-state index is 10.6. The summed E-state index contributed by atoms with van der Waals surface area (Å²) in [6.07, 6.45) is 0. The van der Waals surface area contributed by atoms with Crippen LogP contribution in [0, 0.1) is 16.2 Å². The Morgan fingerprint density at radius 2 is 2.19 bits per heavy atom. The summed E-state index contributed by atoms with van der Waals surface area (Å²) < 4.78 is 14.9. The molecule has 6 nitrogen and oxygen atoms in total. The number of benzene rings is 1. The van der Waals surface area contributed by atoms with Crippen molar-refractivity contribution in [1.82, 2.24) is 0 Å². The summed E-state index contributed by atoms with van der Waals surface area (Å²) in [6.45, 7) is 0.0144. The maximum absolute atomic E-state index is 10.6. The van der Waals surface area contributed by atoms with E-state index in [9.17, 15) is 4.91 Å². The van der Waals surface area contributed by atoms with Crippen LogP contribution in [0.4, 0.5) is 5.69 Å².